The highest BCUT2D eigenvalue weighted by atomic mass is 16.1. The Morgan fingerprint density at radius 3 is 2.66 bits per heavy atom. The van der Waals surface area contributed by atoms with Crippen LogP contribution < -0.4 is 5.73 Å². The SMILES string of the molecule is CC(C)C[C@H]1[C@@H]2N(Cc3ccccc3)CC[C@@H]3C[C@]1(C(N)=O)C=N[C@@]32Cc1cccnc1. The highest BCUT2D eigenvalue weighted by Crippen LogP contribution is 2.60. The van der Waals surface area contributed by atoms with Gasteiger partial charge in [0.1, 0.15) is 0 Å². The Morgan fingerprint density at radius 2 is 1.97 bits per heavy atom. The molecular weight excluding hydrogens is 396 g/mol. The van der Waals surface area contributed by atoms with Crippen LogP contribution in [0.4, 0.5) is 0 Å². The molecule has 5 nitrogen and oxygen atoms in total. The van der Waals surface area contributed by atoms with Gasteiger partial charge in [-0.2, -0.15) is 0 Å². The number of nitrogens with two attached hydrogens (primary N) is 1. The molecule has 1 saturated heterocycles. The number of hydrogen-bond acceptors (Lipinski definition) is 4. The standard InChI is InChI=1S/C27H34N4O/c1-19(2)13-23-24-27(14-21-9-6-11-29-16-21)22(15-26(23,18-30-27)25(28)32)10-12-31(24)17-20-7-4-3-5-8-20/h3-9,11,16,18-19,22-24H,10,12-15,17H2,1-2H3,(H2,28,32)/t22-,23+,24+,26+,27+/m1/s1. The van der Waals surface area contributed by atoms with Crippen LogP contribution in [0.2, 0.25) is 0 Å². The smallest absolute Gasteiger partial charge is 0.229 e. The molecule has 2 fully saturated rings. The van der Waals surface area contributed by atoms with E-state index in [2.05, 4.69) is 60.1 Å². The van der Waals surface area contributed by atoms with Crippen LogP contribution in [-0.2, 0) is 17.8 Å². The van der Waals surface area contributed by atoms with Gasteiger partial charge >= 0.3 is 0 Å². The average Bonchev–Trinajstić information content (AvgIpc) is 2.78. The lowest BCUT2D eigenvalue weighted by Crippen LogP contribution is -2.75. The number of pyridine rings is 1. The lowest BCUT2D eigenvalue weighted by molar-refractivity contribution is -0.147. The Hall–Kier alpha value is -2.53. The maximum Gasteiger partial charge on any atom is 0.229 e. The van der Waals surface area contributed by atoms with Crippen molar-refractivity contribution >= 4 is 12.1 Å². The van der Waals surface area contributed by atoms with Gasteiger partial charge in [0.15, 0.2) is 0 Å². The van der Waals surface area contributed by atoms with E-state index in [9.17, 15) is 4.79 Å². The summed E-state index contributed by atoms with van der Waals surface area (Å²) in [5.74, 6) is 0.826. The van der Waals surface area contributed by atoms with Gasteiger partial charge in [0.2, 0.25) is 5.91 Å². The van der Waals surface area contributed by atoms with E-state index < -0.39 is 5.41 Å². The Kier molecular flexibility index (Phi) is 5.40. The lowest BCUT2D eigenvalue weighted by atomic mass is 9.47. The Labute approximate surface area is 191 Å². The summed E-state index contributed by atoms with van der Waals surface area (Å²) in [6.45, 7) is 6.43. The van der Waals surface area contributed by atoms with Gasteiger partial charge in [-0.05, 0) is 60.8 Å². The Bertz CT molecular complexity index is 991. The molecule has 1 amide bonds. The van der Waals surface area contributed by atoms with Crippen LogP contribution in [0.15, 0.2) is 59.9 Å². The van der Waals surface area contributed by atoms with Gasteiger partial charge in [-0.1, -0.05) is 50.2 Å². The van der Waals surface area contributed by atoms with E-state index in [0.717, 1.165) is 38.8 Å². The molecule has 6 rings (SSSR count). The highest BCUT2D eigenvalue weighted by Gasteiger charge is 2.67. The zero-order valence-electron chi connectivity index (χ0n) is 19.2. The minimum Gasteiger partial charge on any atom is -0.369 e. The van der Waals surface area contributed by atoms with Crippen LogP contribution in [-0.4, -0.2) is 40.1 Å². The summed E-state index contributed by atoms with van der Waals surface area (Å²) in [4.78, 5) is 25.2. The summed E-state index contributed by atoms with van der Waals surface area (Å²) in [5.41, 5.74) is 7.81. The van der Waals surface area contributed by atoms with Crippen molar-refractivity contribution in [2.75, 3.05) is 6.54 Å². The largest absolute Gasteiger partial charge is 0.369 e. The van der Waals surface area contributed by atoms with Crippen molar-refractivity contribution in [3.63, 3.8) is 0 Å². The number of rotatable bonds is 7. The molecular formula is C27H34N4O. The van der Waals surface area contributed by atoms with Gasteiger partial charge in [0.05, 0.1) is 11.0 Å². The van der Waals surface area contributed by atoms with Crippen molar-refractivity contribution in [3.8, 4) is 0 Å². The molecule has 4 heterocycles. The molecule has 4 bridgehead atoms. The quantitative estimate of drug-likeness (QED) is 0.725. The summed E-state index contributed by atoms with van der Waals surface area (Å²) in [6, 6.07) is 15.0. The van der Waals surface area contributed by atoms with Crippen LogP contribution in [0, 0.1) is 23.2 Å². The highest BCUT2D eigenvalue weighted by molar-refractivity contribution is 5.99. The number of carbonyl (C=O) groups is 1. The van der Waals surface area contributed by atoms with Crippen LogP contribution in [0.3, 0.4) is 0 Å². The molecule has 5 heteroatoms. The first-order valence-corrected chi connectivity index (χ1v) is 12.0. The first-order valence-electron chi connectivity index (χ1n) is 12.0. The first-order chi connectivity index (χ1) is 15.4. The van der Waals surface area contributed by atoms with Crippen molar-refractivity contribution < 1.29 is 4.79 Å². The number of likely N-dealkylation sites (tertiary alicyclic amines) is 1. The number of amides is 1. The van der Waals surface area contributed by atoms with Gasteiger partial charge in [-0.25, -0.2) is 0 Å². The normalized spacial score (nSPS) is 33.5. The number of aromatic nitrogens is 1. The third-order valence-electron chi connectivity index (χ3n) is 8.16. The zero-order chi connectivity index (χ0) is 22.3. The van der Waals surface area contributed by atoms with Gasteiger partial charge in [0.25, 0.3) is 0 Å². The summed E-state index contributed by atoms with van der Waals surface area (Å²) in [7, 11) is 0. The molecule has 1 aliphatic carbocycles. The molecule has 0 spiro atoms. The zero-order valence-corrected chi connectivity index (χ0v) is 19.2. The maximum absolute atomic E-state index is 13.0. The van der Waals surface area contributed by atoms with Crippen molar-refractivity contribution in [1.82, 2.24) is 9.88 Å². The number of primary amides is 1. The number of piperidine rings is 1. The fraction of sp³-hybridized carbons (Fsp3) is 0.519. The Morgan fingerprint density at radius 1 is 1.19 bits per heavy atom. The van der Waals surface area contributed by atoms with E-state index in [0.29, 0.717) is 11.8 Å². The molecule has 32 heavy (non-hydrogen) atoms. The number of hydrogen-bond donors (Lipinski definition) is 1. The van der Waals surface area contributed by atoms with E-state index in [1.807, 2.05) is 24.7 Å². The second kappa shape index (κ2) is 8.11. The second-order valence-corrected chi connectivity index (χ2v) is 10.5. The van der Waals surface area contributed by atoms with E-state index in [1.54, 1.807) is 0 Å². The summed E-state index contributed by atoms with van der Waals surface area (Å²) in [6.07, 6.45) is 9.49. The van der Waals surface area contributed by atoms with Gasteiger partial charge in [-0.3, -0.25) is 19.7 Å². The van der Waals surface area contributed by atoms with Crippen molar-refractivity contribution in [2.45, 2.75) is 57.7 Å². The average molecular weight is 431 g/mol. The predicted octanol–water partition coefficient (Wildman–Crippen LogP) is 3.88. The van der Waals surface area contributed by atoms with Gasteiger partial charge in [0, 0.05) is 37.6 Å². The van der Waals surface area contributed by atoms with E-state index >= 15 is 0 Å². The number of benzene rings is 1. The lowest BCUT2D eigenvalue weighted by Gasteiger charge is -2.66. The van der Waals surface area contributed by atoms with Crippen LogP contribution in [0.5, 0.6) is 0 Å². The van der Waals surface area contributed by atoms with Crippen LogP contribution in [0.1, 0.15) is 44.2 Å². The van der Waals surface area contributed by atoms with Gasteiger partial charge < -0.3 is 5.73 Å². The van der Waals surface area contributed by atoms with Crippen molar-refractivity contribution in [3.05, 3.63) is 66.0 Å². The van der Waals surface area contributed by atoms with E-state index in [1.165, 1.54) is 11.1 Å². The van der Waals surface area contributed by atoms with Gasteiger partial charge in [-0.15, -0.1) is 0 Å². The van der Waals surface area contributed by atoms with E-state index in [4.69, 9.17) is 10.7 Å². The molecule has 4 aliphatic rings. The minimum absolute atomic E-state index is 0.175. The summed E-state index contributed by atoms with van der Waals surface area (Å²) >= 11 is 0. The molecule has 1 aromatic heterocycles. The molecule has 5 atom stereocenters. The third-order valence-corrected chi connectivity index (χ3v) is 8.16. The number of aliphatic imine (C=N–C) groups is 1. The minimum atomic E-state index is -0.633. The van der Waals surface area contributed by atoms with Crippen LogP contribution in [0.25, 0.3) is 0 Å². The molecule has 168 valence electrons. The Balaban J connectivity index is 1.62. The summed E-state index contributed by atoms with van der Waals surface area (Å²) < 4.78 is 0. The number of carbonyl (C=O) groups excluding carboxylic acids is 1. The third kappa shape index (κ3) is 3.38. The molecule has 3 aliphatic heterocycles. The second-order valence-electron chi connectivity index (χ2n) is 10.5. The summed E-state index contributed by atoms with van der Waals surface area (Å²) in [5, 5.41) is 0. The van der Waals surface area contributed by atoms with Crippen molar-refractivity contribution in [2.24, 2.45) is 33.9 Å². The molecule has 2 N–H and O–H groups in total. The molecule has 0 unspecified atom stereocenters. The van der Waals surface area contributed by atoms with Crippen molar-refractivity contribution in [1.29, 1.82) is 0 Å². The predicted molar refractivity (Wildman–Crippen MR) is 127 cm³/mol. The molecule has 0 radical (unpaired) electrons. The maximum atomic E-state index is 13.0. The topological polar surface area (TPSA) is 71.6 Å². The molecule has 2 aromatic rings. The molecule has 1 aromatic carbocycles. The van der Waals surface area contributed by atoms with Crippen LogP contribution >= 0.6 is 0 Å². The first kappa shape index (κ1) is 21.3. The van der Waals surface area contributed by atoms with E-state index in [-0.39, 0.29) is 23.4 Å². The fourth-order valence-electron chi connectivity index (χ4n) is 6.87. The fourth-order valence-corrected chi connectivity index (χ4v) is 6.87. The number of nitrogens with zero attached hydrogens (tertiary/aromatic N) is 3. The monoisotopic (exact) mass is 430 g/mol. The molecule has 1 saturated carbocycles.